The highest BCUT2D eigenvalue weighted by molar-refractivity contribution is 6.30. The van der Waals surface area contributed by atoms with Crippen molar-refractivity contribution >= 4 is 17.3 Å². The number of hydrogen-bond acceptors (Lipinski definition) is 2. The fraction of sp³-hybridized carbons (Fsp3) is 0.600. The van der Waals surface area contributed by atoms with Crippen LogP contribution in [-0.4, -0.2) is 18.2 Å². The lowest BCUT2D eigenvalue weighted by Gasteiger charge is -2.24. The minimum atomic E-state index is 0.242. The van der Waals surface area contributed by atoms with Crippen LogP contribution in [0.4, 0.5) is 5.69 Å². The van der Waals surface area contributed by atoms with E-state index in [2.05, 4.69) is 5.32 Å². The van der Waals surface area contributed by atoms with E-state index in [1.807, 2.05) is 24.3 Å². The van der Waals surface area contributed by atoms with Gasteiger partial charge in [0, 0.05) is 17.3 Å². The molecule has 2 aliphatic rings. The first kappa shape index (κ1) is 12.3. The Hall–Kier alpha value is -0.730. The Morgan fingerprint density at radius 2 is 1.89 bits per heavy atom. The maximum absolute atomic E-state index is 6.27. The molecule has 0 radical (unpaired) electrons. The van der Waals surface area contributed by atoms with E-state index in [0.29, 0.717) is 6.10 Å². The largest absolute Gasteiger partial charge is 0.382 e. The van der Waals surface area contributed by atoms with Gasteiger partial charge >= 0.3 is 0 Å². The summed E-state index contributed by atoms with van der Waals surface area (Å²) >= 11 is 5.87. The van der Waals surface area contributed by atoms with Crippen LogP contribution in [0.2, 0.25) is 5.02 Å². The fourth-order valence-corrected chi connectivity index (χ4v) is 3.35. The Kier molecular flexibility index (Phi) is 3.49. The highest BCUT2D eigenvalue weighted by Gasteiger charge is 2.41. The van der Waals surface area contributed by atoms with Gasteiger partial charge < -0.3 is 10.1 Å². The molecule has 1 spiro atoms. The van der Waals surface area contributed by atoms with E-state index in [1.54, 1.807) is 0 Å². The Morgan fingerprint density at radius 3 is 2.61 bits per heavy atom. The number of rotatable bonds is 3. The van der Waals surface area contributed by atoms with Crippen LogP contribution < -0.4 is 5.32 Å². The lowest BCUT2D eigenvalue weighted by atomic mass is 9.98. The maximum Gasteiger partial charge on any atom is 0.0756 e. The molecule has 0 aromatic heterocycles. The summed E-state index contributed by atoms with van der Waals surface area (Å²) in [6, 6.07) is 7.86. The van der Waals surface area contributed by atoms with Crippen molar-refractivity contribution in [1.82, 2.24) is 0 Å². The van der Waals surface area contributed by atoms with Gasteiger partial charge in [0.05, 0.1) is 11.7 Å². The van der Waals surface area contributed by atoms with Crippen LogP contribution >= 0.6 is 11.6 Å². The number of anilines is 1. The third-order valence-corrected chi connectivity index (χ3v) is 4.48. The molecule has 1 unspecified atom stereocenters. The van der Waals surface area contributed by atoms with Crippen molar-refractivity contribution in [3.63, 3.8) is 0 Å². The summed E-state index contributed by atoms with van der Waals surface area (Å²) in [7, 11) is 0. The summed E-state index contributed by atoms with van der Waals surface area (Å²) in [5.41, 5.74) is 1.36. The Balaban J connectivity index is 1.51. The molecule has 2 fully saturated rings. The van der Waals surface area contributed by atoms with Gasteiger partial charge in [-0.3, -0.25) is 0 Å². The molecule has 1 saturated heterocycles. The second-order valence-electron chi connectivity index (χ2n) is 5.56. The molecular formula is C15H20ClNO. The van der Waals surface area contributed by atoms with E-state index < -0.39 is 0 Å². The van der Waals surface area contributed by atoms with Crippen molar-refractivity contribution in [1.29, 1.82) is 0 Å². The molecule has 1 N–H and O–H groups in total. The van der Waals surface area contributed by atoms with Crippen LogP contribution in [0.25, 0.3) is 0 Å². The highest BCUT2D eigenvalue weighted by Crippen LogP contribution is 2.43. The van der Waals surface area contributed by atoms with Gasteiger partial charge in [0.15, 0.2) is 0 Å². The lowest BCUT2D eigenvalue weighted by molar-refractivity contribution is -0.0307. The van der Waals surface area contributed by atoms with Crippen molar-refractivity contribution in [3.8, 4) is 0 Å². The van der Waals surface area contributed by atoms with E-state index in [9.17, 15) is 0 Å². The molecule has 3 heteroatoms. The Bertz CT molecular complexity index is 397. The number of halogens is 1. The van der Waals surface area contributed by atoms with Crippen LogP contribution in [-0.2, 0) is 4.74 Å². The van der Waals surface area contributed by atoms with Crippen LogP contribution in [0.1, 0.15) is 38.5 Å². The maximum atomic E-state index is 6.27. The quantitative estimate of drug-likeness (QED) is 0.882. The van der Waals surface area contributed by atoms with E-state index in [0.717, 1.165) is 17.3 Å². The average Bonchev–Trinajstić information content (AvgIpc) is 3.00. The monoisotopic (exact) mass is 265 g/mol. The van der Waals surface area contributed by atoms with Crippen molar-refractivity contribution in [3.05, 3.63) is 29.3 Å². The van der Waals surface area contributed by atoms with Crippen molar-refractivity contribution in [2.75, 3.05) is 11.9 Å². The predicted molar refractivity (Wildman–Crippen MR) is 75.2 cm³/mol. The smallest absolute Gasteiger partial charge is 0.0756 e. The van der Waals surface area contributed by atoms with E-state index in [1.165, 1.54) is 38.5 Å². The number of nitrogens with one attached hydrogen (secondary N) is 1. The van der Waals surface area contributed by atoms with Crippen LogP contribution in [0.5, 0.6) is 0 Å². The zero-order valence-corrected chi connectivity index (χ0v) is 11.4. The molecule has 18 heavy (non-hydrogen) atoms. The zero-order valence-electron chi connectivity index (χ0n) is 10.6. The molecule has 0 bridgehead atoms. The second kappa shape index (κ2) is 5.10. The molecule has 0 amide bonds. The SMILES string of the molecule is Clc1ccc(NCC2CCC3(CCCC3)O2)cc1. The molecule has 1 aliphatic heterocycles. The molecule has 98 valence electrons. The van der Waals surface area contributed by atoms with Crippen LogP contribution in [0.3, 0.4) is 0 Å². The third kappa shape index (κ3) is 2.65. The predicted octanol–water partition coefficient (Wildman–Crippen LogP) is 4.24. The highest BCUT2D eigenvalue weighted by atomic mass is 35.5. The molecule has 1 aromatic carbocycles. The van der Waals surface area contributed by atoms with Gasteiger partial charge in [-0.05, 0) is 49.9 Å². The summed E-state index contributed by atoms with van der Waals surface area (Å²) in [5.74, 6) is 0. The summed E-state index contributed by atoms with van der Waals surface area (Å²) < 4.78 is 6.27. The van der Waals surface area contributed by atoms with Gasteiger partial charge in [-0.25, -0.2) is 0 Å². The first-order chi connectivity index (χ1) is 8.76. The number of benzene rings is 1. The third-order valence-electron chi connectivity index (χ3n) is 4.23. The summed E-state index contributed by atoms with van der Waals surface area (Å²) in [6.45, 7) is 0.906. The number of hydrogen-bond donors (Lipinski definition) is 1. The van der Waals surface area contributed by atoms with Gasteiger partial charge in [0.2, 0.25) is 0 Å². The van der Waals surface area contributed by atoms with E-state index in [4.69, 9.17) is 16.3 Å². The van der Waals surface area contributed by atoms with Gasteiger partial charge in [-0.1, -0.05) is 24.4 Å². The zero-order chi connectivity index (χ0) is 12.4. The molecule has 2 nitrogen and oxygen atoms in total. The minimum Gasteiger partial charge on any atom is -0.382 e. The molecule has 1 aromatic rings. The van der Waals surface area contributed by atoms with Crippen molar-refractivity contribution < 1.29 is 4.74 Å². The fourth-order valence-electron chi connectivity index (χ4n) is 3.23. The lowest BCUT2D eigenvalue weighted by Crippen LogP contribution is -2.27. The van der Waals surface area contributed by atoms with E-state index in [-0.39, 0.29) is 5.60 Å². The number of ether oxygens (including phenoxy) is 1. The standard InChI is InChI=1S/C15H20ClNO/c16-12-3-5-13(6-4-12)17-11-14-7-10-15(18-14)8-1-2-9-15/h3-6,14,17H,1-2,7-11H2. The van der Waals surface area contributed by atoms with Crippen LogP contribution in [0.15, 0.2) is 24.3 Å². The van der Waals surface area contributed by atoms with Gasteiger partial charge in [-0.2, -0.15) is 0 Å². The first-order valence-electron chi connectivity index (χ1n) is 6.93. The summed E-state index contributed by atoms with van der Waals surface area (Å²) in [4.78, 5) is 0. The minimum absolute atomic E-state index is 0.242. The average molecular weight is 266 g/mol. The second-order valence-corrected chi connectivity index (χ2v) is 5.99. The van der Waals surface area contributed by atoms with Gasteiger partial charge in [0.25, 0.3) is 0 Å². The van der Waals surface area contributed by atoms with Crippen molar-refractivity contribution in [2.45, 2.75) is 50.2 Å². The van der Waals surface area contributed by atoms with Gasteiger partial charge in [0.1, 0.15) is 0 Å². The Labute approximate surface area is 114 Å². The van der Waals surface area contributed by atoms with Crippen molar-refractivity contribution in [2.24, 2.45) is 0 Å². The molecule has 1 aliphatic carbocycles. The molecule has 1 atom stereocenters. The Morgan fingerprint density at radius 1 is 1.17 bits per heavy atom. The first-order valence-corrected chi connectivity index (χ1v) is 7.31. The molecular weight excluding hydrogens is 246 g/mol. The topological polar surface area (TPSA) is 21.3 Å². The molecule has 1 heterocycles. The summed E-state index contributed by atoms with van der Waals surface area (Å²) in [5, 5.41) is 4.22. The van der Waals surface area contributed by atoms with E-state index >= 15 is 0 Å². The van der Waals surface area contributed by atoms with Crippen LogP contribution in [0, 0.1) is 0 Å². The molecule has 3 rings (SSSR count). The molecule has 1 saturated carbocycles. The van der Waals surface area contributed by atoms with Gasteiger partial charge in [-0.15, -0.1) is 0 Å². The normalized spacial score (nSPS) is 25.7. The summed E-state index contributed by atoms with van der Waals surface area (Å²) in [6.07, 6.45) is 8.04.